The van der Waals surface area contributed by atoms with Crippen molar-refractivity contribution in [3.05, 3.63) is 59.9 Å². The summed E-state index contributed by atoms with van der Waals surface area (Å²) in [6.07, 6.45) is 6.58. The zero-order chi connectivity index (χ0) is 27.1. The lowest BCUT2D eigenvalue weighted by Crippen LogP contribution is -2.37. The molecule has 3 N–H and O–H groups in total. The van der Waals surface area contributed by atoms with Gasteiger partial charge < -0.3 is 29.0 Å². The minimum atomic E-state index is -0.581. The Hall–Kier alpha value is -4.08. The highest BCUT2D eigenvalue weighted by atomic mass is 16.5. The van der Waals surface area contributed by atoms with Gasteiger partial charge >= 0.3 is 0 Å². The van der Waals surface area contributed by atoms with Gasteiger partial charge in [0.15, 0.2) is 0 Å². The number of rotatable bonds is 8. The molecule has 4 aromatic rings. The molecule has 1 saturated heterocycles. The van der Waals surface area contributed by atoms with E-state index in [1.807, 2.05) is 47.2 Å². The monoisotopic (exact) mass is 528 g/mol. The molecular formula is C30H32N4O5. The fraction of sp³-hybridized carbons (Fsp3) is 0.333. The van der Waals surface area contributed by atoms with E-state index in [-0.39, 0.29) is 0 Å². The van der Waals surface area contributed by atoms with Gasteiger partial charge in [-0.2, -0.15) is 0 Å². The third-order valence-electron chi connectivity index (χ3n) is 7.77. The molecule has 0 spiro atoms. The lowest BCUT2D eigenvalue weighted by Gasteiger charge is -2.28. The van der Waals surface area contributed by atoms with Crippen LogP contribution in [0.1, 0.15) is 30.4 Å². The summed E-state index contributed by atoms with van der Waals surface area (Å²) in [5, 5.41) is 15.1. The van der Waals surface area contributed by atoms with Crippen molar-refractivity contribution in [2.45, 2.75) is 31.9 Å². The summed E-state index contributed by atoms with van der Waals surface area (Å²) in [6, 6.07) is 11.2. The molecular weight excluding hydrogens is 496 g/mol. The van der Waals surface area contributed by atoms with Crippen molar-refractivity contribution in [1.29, 1.82) is 0 Å². The van der Waals surface area contributed by atoms with Crippen molar-refractivity contribution in [1.82, 2.24) is 19.8 Å². The fourth-order valence-electron chi connectivity index (χ4n) is 5.88. The van der Waals surface area contributed by atoms with Crippen molar-refractivity contribution in [2.24, 2.45) is 0 Å². The first-order valence-corrected chi connectivity index (χ1v) is 13.3. The number of β-amino-alcohol motifs (C(OH)–C–C–N with tert-alkyl or cyclic N) is 1. The van der Waals surface area contributed by atoms with Gasteiger partial charge in [0, 0.05) is 58.4 Å². The predicted molar refractivity (Wildman–Crippen MR) is 150 cm³/mol. The van der Waals surface area contributed by atoms with Gasteiger partial charge in [-0.1, -0.05) is 6.42 Å². The molecule has 1 unspecified atom stereocenters. The highest BCUT2D eigenvalue weighted by Gasteiger charge is 2.35. The lowest BCUT2D eigenvalue weighted by atomic mass is 9.95. The number of carbonyl (C=O) groups is 2. The minimum Gasteiger partial charge on any atom is -0.497 e. The van der Waals surface area contributed by atoms with E-state index in [4.69, 9.17) is 9.47 Å². The van der Waals surface area contributed by atoms with E-state index in [1.54, 1.807) is 20.4 Å². The van der Waals surface area contributed by atoms with Crippen LogP contribution >= 0.6 is 0 Å². The first kappa shape index (κ1) is 25.2. The summed E-state index contributed by atoms with van der Waals surface area (Å²) >= 11 is 0. The topological polar surface area (TPSA) is 109 Å². The Kier molecular flexibility index (Phi) is 6.62. The Morgan fingerprint density at radius 2 is 1.54 bits per heavy atom. The van der Waals surface area contributed by atoms with Gasteiger partial charge in [0.25, 0.3) is 11.8 Å². The standard InChI is InChI=1S/C30H32N4O5/c1-38-19-6-8-25-21(12-19)23(14-31-25)27-28(30(37)32-29(27)36)24-17-34(26-9-7-20(39-2)13-22(24)26)16-18(35)15-33-10-4-3-5-11-33/h6-9,12-14,17-18,31,35H,3-5,10-11,15-16H2,1-2H3,(H,32,36,37). The number of amides is 2. The fourth-order valence-corrected chi connectivity index (χ4v) is 5.88. The molecule has 0 radical (unpaired) electrons. The van der Waals surface area contributed by atoms with Crippen molar-refractivity contribution >= 4 is 44.8 Å². The second-order valence-corrected chi connectivity index (χ2v) is 10.2. The number of carbonyl (C=O) groups excluding carboxylic acids is 2. The van der Waals surface area contributed by atoms with Gasteiger partial charge in [-0.3, -0.25) is 14.9 Å². The van der Waals surface area contributed by atoms with Crippen LogP contribution in [-0.2, 0) is 16.1 Å². The first-order chi connectivity index (χ1) is 19.0. The van der Waals surface area contributed by atoms with Gasteiger partial charge in [-0.25, -0.2) is 0 Å². The highest BCUT2D eigenvalue weighted by Crippen LogP contribution is 2.40. The van der Waals surface area contributed by atoms with Crippen molar-refractivity contribution in [3.63, 3.8) is 0 Å². The molecule has 2 aliphatic rings. The molecule has 202 valence electrons. The number of hydrogen-bond acceptors (Lipinski definition) is 6. The molecule has 2 aliphatic heterocycles. The Morgan fingerprint density at radius 3 is 2.26 bits per heavy atom. The quantitative estimate of drug-likeness (QED) is 0.302. The second-order valence-electron chi connectivity index (χ2n) is 10.2. The number of nitrogens with one attached hydrogen (secondary N) is 2. The molecule has 9 heteroatoms. The van der Waals surface area contributed by atoms with Gasteiger partial charge in [0.1, 0.15) is 11.5 Å². The Morgan fingerprint density at radius 1 is 0.872 bits per heavy atom. The maximum absolute atomic E-state index is 13.3. The smallest absolute Gasteiger partial charge is 0.259 e. The maximum Gasteiger partial charge on any atom is 0.259 e. The number of ether oxygens (including phenoxy) is 2. The molecule has 2 aromatic carbocycles. The van der Waals surface area contributed by atoms with Crippen LogP contribution in [0.25, 0.3) is 33.0 Å². The molecule has 1 fully saturated rings. The third-order valence-corrected chi connectivity index (χ3v) is 7.77. The van der Waals surface area contributed by atoms with Gasteiger partial charge in [0.05, 0.1) is 31.5 Å². The second kappa shape index (κ2) is 10.2. The van der Waals surface area contributed by atoms with E-state index in [0.717, 1.165) is 47.7 Å². The van der Waals surface area contributed by atoms with Gasteiger partial charge in [0.2, 0.25) is 0 Å². The third kappa shape index (κ3) is 4.57. The lowest BCUT2D eigenvalue weighted by molar-refractivity contribution is -0.122. The average Bonchev–Trinajstić information content (AvgIpc) is 3.60. The number of aromatic amines is 1. The largest absolute Gasteiger partial charge is 0.497 e. The van der Waals surface area contributed by atoms with Crippen molar-refractivity contribution < 1.29 is 24.2 Å². The molecule has 39 heavy (non-hydrogen) atoms. The summed E-state index contributed by atoms with van der Waals surface area (Å²) < 4.78 is 12.9. The molecule has 2 aromatic heterocycles. The number of aliphatic hydroxyl groups excluding tert-OH is 1. The van der Waals surface area contributed by atoms with Crippen LogP contribution in [-0.4, -0.2) is 71.3 Å². The van der Waals surface area contributed by atoms with E-state index in [1.165, 1.54) is 6.42 Å². The van der Waals surface area contributed by atoms with Gasteiger partial charge in [-0.05, 0) is 62.3 Å². The van der Waals surface area contributed by atoms with Gasteiger partial charge in [-0.15, -0.1) is 0 Å². The Balaban J connectivity index is 1.48. The molecule has 2 amide bonds. The normalized spacial score (nSPS) is 17.3. The number of fused-ring (bicyclic) bond motifs is 2. The van der Waals surface area contributed by atoms with Crippen LogP contribution in [0.3, 0.4) is 0 Å². The van der Waals surface area contributed by atoms with Crippen molar-refractivity contribution in [2.75, 3.05) is 33.9 Å². The number of H-pyrrole nitrogens is 1. The number of likely N-dealkylation sites (tertiary alicyclic amines) is 1. The van der Waals surface area contributed by atoms with Crippen LogP contribution in [0.2, 0.25) is 0 Å². The molecule has 0 aliphatic carbocycles. The number of methoxy groups -OCH3 is 2. The van der Waals surface area contributed by atoms with E-state index < -0.39 is 17.9 Å². The Bertz CT molecular complexity index is 1610. The highest BCUT2D eigenvalue weighted by molar-refractivity contribution is 6.50. The van der Waals surface area contributed by atoms with Crippen LogP contribution < -0.4 is 14.8 Å². The van der Waals surface area contributed by atoms with Crippen LogP contribution in [0.15, 0.2) is 48.8 Å². The van der Waals surface area contributed by atoms with Crippen LogP contribution in [0.5, 0.6) is 11.5 Å². The summed E-state index contributed by atoms with van der Waals surface area (Å²) in [4.78, 5) is 32.0. The number of hydrogen-bond donors (Lipinski definition) is 3. The molecule has 9 nitrogen and oxygen atoms in total. The SMILES string of the molecule is COc1ccc2[nH]cc(C3=C(c4cn(CC(O)CN5CCCCC5)c5ccc(OC)cc45)C(=O)NC3=O)c2c1. The Labute approximate surface area is 226 Å². The molecule has 1 atom stereocenters. The number of benzene rings is 2. The molecule has 6 rings (SSSR count). The molecule has 0 saturated carbocycles. The van der Waals surface area contributed by atoms with E-state index >= 15 is 0 Å². The number of piperidine rings is 1. The van der Waals surface area contributed by atoms with E-state index in [9.17, 15) is 14.7 Å². The summed E-state index contributed by atoms with van der Waals surface area (Å²) in [6.45, 7) is 2.96. The zero-order valence-electron chi connectivity index (χ0n) is 22.1. The minimum absolute atomic E-state index is 0.297. The summed E-state index contributed by atoms with van der Waals surface area (Å²) in [7, 11) is 3.18. The predicted octanol–water partition coefficient (Wildman–Crippen LogP) is 3.55. The molecule has 0 bridgehead atoms. The van der Waals surface area contributed by atoms with Crippen LogP contribution in [0, 0.1) is 0 Å². The van der Waals surface area contributed by atoms with E-state index in [0.29, 0.717) is 46.9 Å². The van der Waals surface area contributed by atoms with E-state index in [2.05, 4.69) is 15.2 Å². The number of aromatic nitrogens is 2. The number of nitrogens with zero attached hydrogens (tertiary/aromatic N) is 2. The first-order valence-electron chi connectivity index (χ1n) is 13.3. The molecule has 4 heterocycles. The zero-order valence-corrected chi connectivity index (χ0v) is 22.1. The summed E-state index contributed by atoms with van der Waals surface area (Å²) in [5.41, 5.74) is 3.51. The summed E-state index contributed by atoms with van der Waals surface area (Å²) in [5.74, 6) is 0.383. The number of aliphatic hydroxyl groups is 1. The maximum atomic E-state index is 13.3. The van der Waals surface area contributed by atoms with Crippen LogP contribution in [0.4, 0.5) is 0 Å². The number of imide groups is 1. The average molecular weight is 529 g/mol. The van der Waals surface area contributed by atoms with Crippen molar-refractivity contribution in [3.8, 4) is 11.5 Å².